The van der Waals surface area contributed by atoms with E-state index in [0.29, 0.717) is 5.92 Å². The van der Waals surface area contributed by atoms with Crippen LogP contribution < -0.4 is 10.4 Å². The molecule has 4 heteroatoms. The molecular weight excluding hydrogens is 659 g/mol. The van der Waals surface area contributed by atoms with Gasteiger partial charge in [0, 0.05) is 0 Å². The average molecular weight is 693 g/mol. The van der Waals surface area contributed by atoms with Gasteiger partial charge >= 0.3 is 37.9 Å². The van der Waals surface area contributed by atoms with Crippen LogP contribution in [0.2, 0.25) is 0 Å². The molecule has 0 spiro atoms. The molecule has 212 valence electrons. The number of halogens is 2. The number of rotatable bonds is 5. The molecule has 0 nitrogen and oxygen atoms in total. The summed E-state index contributed by atoms with van der Waals surface area (Å²) in [5.41, 5.74) is 11.0. The zero-order valence-electron chi connectivity index (χ0n) is 24.8. The van der Waals surface area contributed by atoms with Crippen molar-refractivity contribution in [3.8, 4) is 33.4 Å². The maximum absolute atomic E-state index is 4.93. The molecule has 0 bridgehead atoms. The summed E-state index contributed by atoms with van der Waals surface area (Å²) in [4.78, 5) is 0. The van der Waals surface area contributed by atoms with Crippen LogP contribution in [0.25, 0.3) is 44.2 Å². The van der Waals surface area contributed by atoms with Crippen LogP contribution in [0.1, 0.15) is 31.9 Å². The molecule has 0 saturated carbocycles. The molecule has 0 aliphatic carbocycles. The fourth-order valence-corrected chi connectivity index (χ4v) is 7.19. The van der Waals surface area contributed by atoms with E-state index < -0.39 is 20.8 Å². The minimum absolute atomic E-state index is 0.668. The van der Waals surface area contributed by atoms with E-state index in [1.165, 1.54) is 65.7 Å². The van der Waals surface area contributed by atoms with Gasteiger partial charge in [0.15, 0.2) is 0 Å². The van der Waals surface area contributed by atoms with E-state index in [0.717, 1.165) is 22.4 Å². The Morgan fingerprint density at radius 1 is 0.767 bits per heavy atom. The van der Waals surface area contributed by atoms with Gasteiger partial charge in [-0.1, -0.05) is 122 Å². The van der Waals surface area contributed by atoms with Crippen LogP contribution in [0.5, 0.6) is 0 Å². The number of hydrogen-bond acceptors (Lipinski definition) is 0. The molecule has 0 fully saturated rings. The predicted molar refractivity (Wildman–Crippen MR) is 186 cm³/mol. The van der Waals surface area contributed by atoms with E-state index in [2.05, 4.69) is 142 Å². The van der Waals surface area contributed by atoms with Gasteiger partial charge in [-0.25, -0.2) is 0 Å². The van der Waals surface area contributed by atoms with Gasteiger partial charge in [-0.05, 0) is 41.0 Å². The molecule has 7 rings (SSSR count). The van der Waals surface area contributed by atoms with Crippen molar-refractivity contribution in [3.05, 3.63) is 139 Å². The zero-order chi connectivity index (χ0) is 30.2. The minimum Gasteiger partial charge on any atom is -0.184 e. The Kier molecular flexibility index (Phi) is 11.4. The first-order valence-electron chi connectivity index (χ1n) is 14.7. The summed E-state index contributed by atoms with van der Waals surface area (Å²) in [7, 11) is 10.7. The first-order chi connectivity index (χ1) is 21.0. The Labute approximate surface area is 278 Å². The summed E-state index contributed by atoms with van der Waals surface area (Å²) in [5.74, 6) is 0.668. The number of hydrogen-bond donors (Lipinski definition) is 0. The minimum atomic E-state index is -0.826. The fraction of sp³-hybridized carbons (Fsp3) is 0.154. The second kappa shape index (κ2) is 15.4. The summed E-state index contributed by atoms with van der Waals surface area (Å²) in [6, 6.07) is 47.2. The maximum atomic E-state index is 4.93. The van der Waals surface area contributed by atoms with E-state index in [1.807, 2.05) is 6.07 Å². The SMILES string of the molecule is CCc1ccccc1-c1c(-c2ccccc2)ccc2[cH-]c(CC(C)C)cc12.[Cl][Zr+2][Cl].[c-]1cccc2c1[Si]c1ccccc1-2. The van der Waals surface area contributed by atoms with Gasteiger partial charge in [-0.2, -0.15) is 35.5 Å². The third-order valence-electron chi connectivity index (χ3n) is 7.68. The Balaban J connectivity index is 0.000000190. The topological polar surface area (TPSA) is 0 Å². The van der Waals surface area contributed by atoms with Gasteiger partial charge in [-0.3, -0.25) is 0 Å². The van der Waals surface area contributed by atoms with Crippen LogP contribution in [0, 0.1) is 12.0 Å². The molecule has 43 heavy (non-hydrogen) atoms. The van der Waals surface area contributed by atoms with Crippen molar-refractivity contribution in [3.63, 3.8) is 0 Å². The third kappa shape index (κ3) is 7.55. The summed E-state index contributed by atoms with van der Waals surface area (Å²) in [5, 5.41) is 5.56. The molecule has 0 saturated heterocycles. The summed E-state index contributed by atoms with van der Waals surface area (Å²) in [6.07, 6.45) is 2.17. The molecule has 1 aliphatic rings. The van der Waals surface area contributed by atoms with Gasteiger partial charge in [-0.15, -0.1) is 34.0 Å². The Morgan fingerprint density at radius 2 is 1.44 bits per heavy atom. The molecule has 1 heterocycles. The largest absolute Gasteiger partial charge is 0.184 e. The third-order valence-corrected chi connectivity index (χ3v) is 9.05. The van der Waals surface area contributed by atoms with Gasteiger partial charge in [0.2, 0.25) is 0 Å². The summed E-state index contributed by atoms with van der Waals surface area (Å²) < 4.78 is 0. The van der Waals surface area contributed by atoms with Crippen LogP contribution in [0.3, 0.4) is 0 Å². The zero-order valence-corrected chi connectivity index (χ0v) is 29.8. The molecule has 0 N–H and O–H groups in total. The second-order valence-electron chi connectivity index (χ2n) is 11.0. The van der Waals surface area contributed by atoms with Crippen LogP contribution in [0.4, 0.5) is 0 Å². The van der Waals surface area contributed by atoms with Crippen molar-refractivity contribution in [2.24, 2.45) is 5.92 Å². The van der Waals surface area contributed by atoms with Gasteiger partial charge in [0.1, 0.15) is 0 Å². The van der Waals surface area contributed by atoms with Crippen molar-refractivity contribution in [2.45, 2.75) is 33.6 Å². The first kappa shape index (κ1) is 31.8. The quantitative estimate of drug-likeness (QED) is 0.124. The molecule has 6 aromatic carbocycles. The van der Waals surface area contributed by atoms with Crippen molar-refractivity contribution >= 4 is 47.7 Å². The molecule has 2 radical (unpaired) electrons. The van der Waals surface area contributed by atoms with E-state index in [9.17, 15) is 0 Å². The van der Waals surface area contributed by atoms with E-state index >= 15 is 0 Å². The van der Waals surface area contributed by atoms with E-state index in [-0.39, 0.29) is 0 Å². The normalized spacial score (nSPS) is 11.1. The van der Waals surface area contributed by atoms with Gasteiger partial charge < -0.3 is 0 Å². The van der Waals surface area contributed by atoms with Gasteiger partial charge in [0.05, 0.1) is 9.52 Å². The molecule has 0 aromatic heterocycles. The second-order valence-corrected chi connectivity index (χ2v) is 16.1. The molecule has 0 unspecified atom stereocenters. The summed E-state index contributed by atoms with van der Waals surface area (Å²) >= 11 is -0.826. The van der Waals surface area contributed by atoms with E-state index in [4.69, 9.17) is 17.0 Å². The Hall–Kier alpha value is -2.61. The van der Waals surface area contributed by atoms with Crippen LogP contribution in [0.15, 0.2) is 121 Å². The van der Waals surface area contributed by atoms with E-state index in [1.54, 1.807) is 0 Å². The monoisotopic (exact) mass is 690 g/mol. The average Bonchev–Trinajstić information content (AvgIpc) is 3.62. The van der Waals surface area contributed by atoms with Crippen LogP contribution >= 0.6 is 17.0 Å². The Bertz CT molecular complexity index is 1750. The molecule has 6 aromatic rings. The molecule has 1 aliphatic heterocycles. The van der Waals surface area contributed by atoms with Crippen molar-refractivity contribution < 1.29 is 20.8 Å². The fourth-order valence-electron chi connectivity index (χ4n) is 5.88. The number of benzene rings is 5. The summed E-state index contributed by atoms with van der Waals surface area (Å²) in [6.45, 7) is 6.83. The van der Waals surface area contributed by atoms with Crippen molar-refractivity contribution in [2.75, 3.05) is 0 Å². The van der Waals surface area contributed by atoms with Crippen molar-refractivity contribution in [1.82, 2.24) is 0 Å². The standard InChI is InChI=1S/C27H27.C12H7Si.2ClH.Zr/c1-4-21-10-8-9-13-24(21)27-25(22-11-6-5-7-12-22)15-14-23-17-20(16-19(2)3)18-26(23)27;1-3-7-11-9(5-1)10-6-2-4-8-12(10)13-11;;;/h5-15,17-19H,4,16H2,1-3H3;1-7H;2*1H;/q2*-1;;;+4/p-2. The molecular formula is C39H34Cl2SiZr. The van der Waals surface area contributed by atoms with Crippen LogP contribution in [-0.4, -0.2) is 9.52 Å². The molecule has 0 atom stereocenters. The number of aryl methyl sites for hydroxylation is 1. The Morgan fingerprint density at radius 3 is 2.19 bits per heavy atom. The van der Waals surface area contributed by atoms with Crippen LogP contribution in [-0.2, 0) is 33.7 Å². The maximum Gasteiger partial charge on any atom is 0.0920 e. The first-order valence-corrected chi connectivity index (χ1v) is 22.1. The van der Waals surface area contributed by atoms with Gasteiger partial charge in [0.25, 0.3) is 0 Å². The van der Waals surface area contributed by atoms with Crippen molar-refractivity contribution in [1.29, 1.82) is 0 Å². The molecule has 0 amide bonds. The number of fused-ring (bicyclic) bond motifs is 4. The smallest absolute Gasteiger partial charge is 0.0920 e. The predicted octanol–water partition coefficient (Wildman–Crippen LogP) is 10.2.